The van der Waals surface area contributed by atoms with E-state index in [4.69, 9.17) is 4.55 Å². The molecule has 0 fully saturated rings. The SMILES string of the molecule is CCS(O)(O)NCCN(C)c1nc(NCCS(=O)(=O)O)nc(Nc2ccc(C(O)O)cc2)n1. The Labute approximate surface area is 193 Å². The van der Waals surface area contributed by atoms with Gasteiger partial charge in [0.2, 0.25) is 17.8 Å². The molecular formula is C17H29N7O7S2. The van der Waals surface area contributed by atoms with Crippen molar-refractivity contribution in [2.75, 3.05) is 53.7 Å². The highest BCUT2D eigenvalue weighted by Gasteiger charge is 2.14. The van der Waals surface area contributed by atoms with Crippen molar-refractivity contribution in [2.45, 2.75) is 13.2 Å². The summed E-state index contributed by atoms with van der Waals surface area (Å²) in [5.74, 6) is -0.00422. The molecule has 0 saturated heterocycles. The van der Waals surface area contributed by atoms with Crippen molar-refractivity contribution in [3.63, 3.8) is 0 Å². The maximum absolute atomic E-state index is 11.0. The fourth-order valence-corrected chi connectivity index (χ4v) is 3.39. The smallest absolute Gasteiger partial charge is 0.266 e. The third-order valence-electron chi connectivity index (χ3n) is 4.26. The van der Waals surface area contributed by atoms with E-state index < -0.39 is 32.9 Å². The van der Waals surface area contributed by atoms with Gasteiger partial charge in [0.05, 0.1) is 5.75 Å². The topological polar surface area (TPSA) is 213 Å². The van der Waals surface area contributed by atoms with Gasteiger partial charge in [-0.15, -0.1) is 10.8 Å². The van der Waals surface area contributed by atoms with Crippen molar-refractivity contribution in [1.29, 1.82) is 0 Å². The van der Waals surface area contributed by atoms with E-state index >= 15 is 0 Å². The van der Waals surface area contributed by atoms with E-state index in [1.165, 1.54) is 12.1 Å². The number of nitrogens with one attached hydrogen (secondary N) is 3. The van der Waals surface area contributed by atoms with Crippen molar-refractivity contribution < 1.29 is 32.3 Å². The van der Waals surface area contributed by atoms with E-state index in [0.717, 1.165) is 0 Å². The zero-order valence-electron chi connectivity index (χ0n) is 18.1. The number of hydrogen-bond acceptors (Lipinski definition) is 13. The molecule has 0 aliphatic carbocycles. The Hall–Kier alpha value is -2.31. The molecule has 0 bridgehead atoms. The fourth-order valence-electron chi connectivity index (χ4n) is 2.41. The first kappa shape index (κ1) is 26.9. The monoisotopic (exact) mass is 507 g/mol. The first-order valence-corrected chi connectivity index (χ1v) is 13.1. The van der Waals surface area contributed by atoms with Crippen molar-refractivity contribution in [3.05, 3.63) is 29.8 Å². The average molecular weight is 508 g/mol. The van der Waals surface area contributed by atoms with Crippen LogP contribution in [-0.4, -0.2) is 85.4 Å². The molecule has 0 amide bonds. The molecular weight excluding hydrogens is 478 g/mol. The summed E-state index contributed by atoms with van der Waals surface area (Å²) >= 11 is 0. The van der Waals surface area contributed by atoms with E-state index in [9.17, 15) is 27.7 Å². The summed E-state index contributed by atoms with van der Waals surface area (Å²) in [7, 11) is -5.36. The van der Waals surface area contributed by atoms with Crippen LogP contribution in [0, 0.1) is 0 Å². The Bertz CT molecular complexity index is 1010. The van der Waals surface area contributed by atoms with E-state index in [-0.39, 0.29) is 36.7 Å². The van der Waals surface area contributed by atoms with Gasteiger partial charge in [0, 0.05) is 43.7 Å². The Morgan fingerprint density at radius 2 is 1.64 bits per heavy atom. The van der Waals surface area contributed by atoms with E-state index in [0.29, 0.717) is 17.8 Å². The standard InChI is InChI=1S/C17H29N7O7S2/c1-3-32(27,28)19-8-10-24(2)17-22-15(18-9-11-33(29,30)31)21-16(23-17)20-13-6-4-12(5-7-13)14(25)26/h4-7,14,19,25-28H,3,8-11H2,1-2H3,(H,29,30,31)(H2,18,20,21,22,23). The van der Waals surface area contributed by atoms with E-state index in [1.54, 1.807) is 31.0 Å². The third kappa shape index (κ3) is 9.60. The lowest BCUT2D eigenvalue weighted by Crippen LogP contribution is -2.32. The van der Waals surface area contributed by atoms with E-state index in [2.05, 4.69) is 30.3 Å². The van der Waals surface area contributed by atoms with E-state index in [1.807, 2.05) is 0 Å². The maximum Gasteiger partial charge on any atom is 0.266 e. The molecule has 0 radical (unpaired) electrons. The zero-order chi connectivity index (χ0) is 24.6. The predicted molar refractivity (Wildman–Crippen MR) is 126 cm³/mol. The van der Waals surface area contributed by atoms with Crippen LogP contribution in [0.5, 0.6) is 0 Å². The Kier molecular flexibility index (Phi) is 9.56. The van der Waals surface area contributed by atoms with Crippen molar-refractivity contribution in [1.82, 2.24) is 19.7 Å². The molecule has 0 aliphatic heterocycles. The quantitative estimate of drug-likeness (QED) is 0.138. The summed E-state index contributed by atoms with van der Waals surface area (Å²) in [4.78, 5) is 14.4. The number of aliphatic hydroxyl groups is 2. The van der Waals surface area contributed by atoms with Crippen LogP contribution in [0.25, 0.3) is 0 Å². The number of anilines is 4. The molecule has 0 atom stereocenters. The van der Waals surface area contributed by atoms with Gasteiger partial charge in [-0.05, 0) is 19.1 Å². The number of benzene rings is 1. The number of aliphatic hydroxyl groups excluding tert-OH is 1. The number of nitrogens with zero attached hydrogens (tertiary/aromatic N) is 4. The lowest BCUT2D eigenvalue weighted by molar-refractivity contribution is -0.0424. The van der Waals surface area contributed by atoms with Crippen LogP contribution in [0.1, 0.15) is 18.8 Å². The van der Waals surface area contributed by atoms with Gasteiger partial charge >= 0.3 is 0 Å². The van der Waals surface area contributed by atoms with Gasteiger partial charge in [-0.2, -0.15) is 23.4 Å². The van der Waals surface area contributed by atoms with Crippen LogP contribution in [0.3, 0.4) is 0 Å². The molecule has 0 saturated carbocycles. The molecule has 33 heavy (non-hydrogen) atoms. The van der Waals surface area contributed by atoms with Gasteiger partial charge in [0.25, 0.3) is 10.1 Å². The zero-order valence-corrected chi connectivity index (χ0v) is 19.7. The normalized spacial score (nSPS) is 12.6. The molecule has 14 nitrogen and oxygen atoms in total. The van der Waals surface area contributed by atoms with Crippen LogP contribution < -0.4 is 20.3 Å². The number of likely N-dealkylation sites (N-methyl/N-ethyl adjacent to an activating group) is 1. The van der Waals surface area contributed by atoms with Gasteiger partial charge in [-0.1, -0.05) is 12.1 Å². The van der Waals surface area contributed by atoms with Crippen LogP contribution >= 0.6 is 10.8 Å². The Balaban J connectivity index is 2.19. The summed E-state index contributed by atoms with van der Waals surface area (Å²) in [6, 6.07) is 6.19. The average Bonchev–Trinajstić information content (AvgIpc) is 2.73. The minimum absolute atomic E-state index is 0.0474. The second-order valence-corrected chi connectivity index (χ2v) is 10.7. The van der Waals surface area contributed by atoms with Crippen molar-refractivity contribution in [3.8, 4) is 0 Å². The molecule has 8 N–H and O–H groups in total. The largest absolute Gasteiger partial charge is 0.364 e. The maximum atomic E-state index is 11.0. The summed E-state index contributed by atoms with van der Waals surface area (Å²) < 4.78 is 52.9. The van der Waals surface area contributed by atoms with Crippen LogP contribution in [0.2, 0.25) is 0 Å². The Morgan fingerprint density at radius 3 is 2.21 bits per heavy atom. The first-order chi connectivity index (χ1) is 15.4. The Morgan fingerprint density at radius 1 is 1.00 bits per heavy atom. The summed E-state index contributed by atoms with van der Waals surface area (Å²) in [6.07, 6.45) is -1.60. The number of aromatic nitrogens is 3. The summed E-state index contributed by atoms with van der Waals surface area (Å²) in [5.41, 5.74) is 0.844. The highest BCUT2D eigenvalue weighted by Crippen LogP contribution is 2.31. The molecule has 1 aromatic carbocycles. The highest BCUT2D eigenvalue weighted by molar-refractivity contribution is 8.22. The minimum Gasteiger partial charge on any atom is -0.364 e. The third-order valence-corrected chi connectivity index (χ3v) is 6.45. The molecule has 1 heterocycles. The second-order valence-electron chi connectivity index (χ2n) is 6.89. The predicted octanol–water partition coefficient (Wildman–Crippen LogP) is 0.609. The lowest BCUT2D eigenvalue weighted by atomic mass is 10.2. The first-order valence-electron chi connectivity index (χ1n) is 9.78. The van der Waals surface area contributed by atoms with Crippen LogP contribution in [-0.2, 0) is 10.1 Å². The van der Waals surface area contributed by atoms with Gasteiger partial charge < -0.3 is 25.7 Å². The molecule has 186 valence electrons. The molecule has 2 aromatic rings. The lowest BCUT2D eigenvalue weighted by Gasteiger charge is -2.32. The van der Waals surface area contributed by atoms with Crippen LogP contribution in [0.15, 0.2) is 24.3 Å². The van der Waals surface area contributed by atoms with Crippen molar-refractivity contribution >= 4 is 44.4 Å². The van der Waals surface area contributed by atoms with Gasteiger partial charge in [0.1, 0.15) is 0 Å². The molecule has 0 aliphatic rings. The highest BCUT2D eigenvalue weighted by atomic mass is 32.3. The van der Waals surface area contributed by atoms with Crippen molar-refractivity contribution in [2.24, 2.45) is 0 Å². The molecule has 1 aromatic heterocycles. The fraction of sp³-hybridized carbons (Fsp3) is 0.471. The summed E-state index contributed by atoms with van der Waals surface area (Å²) in [5, 5.41) is 24.1. The van der Waals surface area contributed by atoms with Gasteiger partial charge in [-0.3, -0.25) is 13.7 Å². The van der Waals surface area contributed by atoms with Crippen LogP contribution in [0.4, 0.5) is 23.5 Å². The molecule has 16 heteroatoms. The molecule has 2 rings (SSSR count). The van der Waals surface area contributed by atoms with Gasteiger partial charge in [-0.25, -0.2) is 4.72 Å². The number of rotatable bonds is 13. The summed E-state index contributed by atoms with van der Waals surface area (Å²) in [6.45, 7) is 2.05. The second kappa shape index (κ2) is 11.7. The molecule has 0 spiro atoms. The minimum atomic E-state index is -4.17. The molecule has 0 unspecified atom stereocenters. The van der Waals surface area contributed by atoms with Gasteiger partial charge in [0.15, 0.2) is 6.29 Å². The number of hydrogen-bond donors (Lipinski definition) is 8.